The van der Waals surface area contributed by atoms with Gasteiger partial charge in [0.15, 0.2) is 11.6 Å². The van der Waals surface area contributed by atoms with E-state index in [2.05, 4.69) is 16.6 Å². The third-order valence-electron chi connectivity index (χ3n) is 4.71. The monoisotopic (exact) mass is 454 g/mol. The van der Waals surface area contributed by atoms with Crippen molar-refractivity contribution in [1.29, 1.82) is 0 Å². The van der Waals surface area contributed by atoms with E-state index in [4.69, 9.17) is 0 Å². The highest BCUT2D eigenvalue weighted by atomic mass is 19.4. The van der Waals surface area contributed by atoms with Gasteiger partial charge in [0, 0.05) is 10.9 Å². The molecular formula is C24H17F7O. The summed E-state index contributed by atoms with van der Waals surface area (Å²) in [5.41, 5.74) is 0.231. The lowest BCUT2D eigenvalue weighted by molar-refractivity contribution is -0.276. The van der Waals surface area contributed by atoms with Crippen LogP contribution < -0.4 is 4.74 Å². The second kappa shape index (κ2) is 9.51. The number of halogens is 7. The van der Waals surface area contributed by atoms with Crippen molar-refractivity contribution in [3.05, 3.63) is 76.4 Å². The van der Waals surface area contributed by atoms with Crippen molar-refractivity contribution in [3.63, 3.8) is 0 Å². The zero-order chi connectivity index (χ0) is 23.5. The van der Waals surface area contributed by atoms with Gasteiger partial charge in [-0.2, -0.15) is 0 Å². The molecule has 3 aromatic rings. The van der Waals surface area contributed by atoms with Gasteiger partial charge in [-0.3, -0.25) is 0 Å². The molecule has 0 fully saturated rings. The zero-order valence-corrected chi connectivity index (χ0v) is 16.8. The Kier molecular flexibility index (Phi) is 6.97. The molecule has 0 saturated carbocycles. The second-order valence-electron chi connectivity index (χ2n) is 7.13. The Morgan fingerprint density at radius 2 is 1.53 bits per heavy atom. The van der Waals surface area contributed by atoms with Crippen LogP contribution in [0.25, 0.3) is 10.8 Å². The van der Waals surface area contributed by atoms with E-state index in [9.17, 15) is 30.7 Å². The molecule has 0 unspecified atom stereocenters. The Morgan fingerprint density at radius 1 is 0.844 bits per heavy atom. The van der Waals surface area contributed by atoms with E-state index in [1.54, 1.807) is 0 Å². The number of aryl methyl sites for hydroxylation is 1. The van der Waals surface area contributed by atoms with Crippen molar-refractivity contribution in [1.82, 2.24) is 0 Å². The molecule has 0 aliphatic rings. The molecule has 3 rings (SSSR count). The summed E-state index contributed by atoms with van der Waals surface area (Å²) in [5.74, 6) is -1.40. The minimum Gasteiger partial charge on any atom is -0.399 e. The fourth-order valence-electron chi connectivity index (χ4n) is 3.20. The minimum absolute atomic E-state index is 0.0893. The molecule has 0 N–H and O–H groups in total. The standard InChI is InChI=1S/C24H17F7O/c1-2-3-4-5-15-11-19(25)18(20(26)12-15)9-7-14-6-8-17-16(10-14)13-21(27)23(22(17)28)32-24(29,30)31/h6,8,10-13H,2-5H2,1H3. The van der Waals surface area contributed by atoms with Crippen molar-refractivity contribution in [2.75, 3.05) is 0 Å². The van der Waals surface area contributed by atoms with Crippen LogP contribution in [0.4, 0.5) is 30.7 Å². The van der Waals surface area contributed by atoms with Crippen molar-refractivity contribution < 1.29 is 35.5 Å². The summed E-state index contributed by atoms with van der Waals surface area (Å²) in [6.45, 7) is 2.02. The predicted octanol–water partition coefficient (Wildman–Crippen LogP) is 7.43. The Bertz CT molecular complexity index is 1180. The molecule has 0 radical (unpaired) electrons. The van der Waals surface area contributed by atoms with Crippen LogP contribution in [0, 0.1) is 35.1 Å². The van der Waals surface area contributed by atoms with Crippen LogP contribution in [0.5, 0.6) is 5.75 Å². The molecule has 1 nitrogen and oxygen atoms in total. The fourth-order valence-corrected chi connectivity index (χ4v) is 3.20. The molecule has 0 amide bonds. The largest absolute Gasteiger partial charge is 0.573 e. The molecule has 0 aromatic heterocycles. The van der Waals surface area contributed by atoms with Crippen LogP contribution in [0.3, 0.4) is 0 Å². The van der Waals surface area contributed by atoms with E-state index in [1.165, 1.54) is 24.3 Å². The molecule has 0 heterocycles. The summed E-state index contributed by atoms with van der Waals surface area (Å²) in [4.78, 5) is 0. The van der Waals surface area contributed by atoms with Gasteiger partial charge in [0.1, 0.15) is 11.6 Å². The van der Waals surface area contributed by atoms with Gasteiger partial charge < -0.3 is 4.74 Å². The summed E-state index contributed by atoms with van der Waals surface area (Å²) in [5, 5.41) is -0.418. The minimum atomic E-state index is -5.26. The molecule has 8 heteroatoms. The highest BCUT2D eigenvalue weighted by Gasteiger charge is 2.34. The molecule has 0 saturated heterocycles. The first-order chi connectivity index (χ1) is 15.1. The average molecular weight is 454 g/mol. The van der Waals surface area contributed by atoms with Gasteiger partial charge >= 0.3 is 6.36 Å². The number of hydrogen-bond acceptors (Lipinski definition) is 1. The Labute approximate surface area is 179 Å². The number of fused-ring (bicyclic) bond motifs is 1. The lowest BCUT2D eigenvalue weighted by atomic mass is 10.0. The van der Waals surface area contributed by atoms with Crippen molar-refractivity contribution in [2.45, 2.75) is 39.0 Å². The maximum absolute atomic E-state index is 14.3. The Hall–Kier alpha value is -3.21. The SMILES string of the molecule is CCCCCc1cc(F)c(C#Cc2ccc3c(F)c(OC(F)(F)F)c(F)cc3c2)c(F)c1. The molecule has 0 aliphatic heterocycles. The third-order valence-corrected chi connectivity index (χ3v) is 4.71. The van der Waals surface area contributed by atoms with E-state index >= 15 is 0 Å². The van der Waals surface area contributed by atoms with Crippen molar-refractivity contribution in [2.24, 2.45) is 0 Å². The van der Waals surface area contributed by atoms with E-state index in [1.807, 2.05) is 6.92 Å². The first kappa shape index (κ1) is 23.5. The number of alkyl halides is 3. The topological polar surface area (TPSA) is 9.23 Å². The highest BCUT2D eigenvalue weighted by molar-refractivity contribution is 5.86. The fraction of sp³-hybridized carbons (Fsp3) is 0.250. The molecule has 0 atom stereocenters. The van der Waals surface area contributed by atoms with Crippen molar-refractivity contribution >= 4 is 10.8 Å². The molecule has 168 valence electrons. The Balaban J connectivity index is 1.92. The van der Waals surface area contributed by atoms with Gasteiger partial charge in [-0.25, -0.2) is 17.6 Å². The summed E-state index contributed by atoms with van der Waals surface area (Å²) in [6.07, 6.45) is -2.00. The zero-order valence-electron chi connectivity index (χ0n) is 16.8. The van der Waals surface area contributed by atoms with Crippen LogP contribution in [0.15, 0.2) is 36.4 Å². The van der Waals surface area contributed by atoms with Gasteiger partial charge in [0.25, 0.3) is 0 Å². The summed E-state index contributed by atoms with van der Waals surface area (Å²) < 4.78 is 97.4. The summed E-state index contributed by atoms with van der Waals surface area (Å²) >= 11 is 0. The highest BCUT2D eigenvalue weighted by Crippen LogP contribution is 2.33. The second-order valence-corrected chi connectivity index (χ2v) is 7.13. The Morgan fingerprint density at radius 3 is 2.16 bits per heavy atom. The quantitative estimate of drug-likeness (QED) is 0.221. The number of unbranched alkanes of at least 4 members (excludes halogenated alkanes) is 2. The van der Waals surface area contributed by atoms with E-state index in [-0.39, 0.29) is 16.3 Å². The number of rotatable bonds is 5. The smallest absolute Gasteiger partial charge is 0.399 e. The predicted molar refractivity (Wildman–Crippen MR) is 106 cm³/mol. The molecule has 0 spiro atoms. The van der Waals surface area contributed by atoms with E-state index in [0.717, 1.165) is 25.3 Å². The third kappa shape index (κ3) is 5.52. The molecule has 32 heavy (non-hydrogen) atoms. The number of hydrogen-bond donors (Lipinski definition) is 0. The normalized spacial score (nSPS) is 11.4. The van der Waals surface area contributed by atoms with Crippen LogP contribution >= 0.6 is 0 Å². The van der Waals surface area contributed by atoms with Gasteiger partial charge in [-0.05, 0) is 54.1 Å². The summed E-state index contributed by atoms with van der Waals surface area (Å²) in [6, 6.07) is 6.62. The maximum Gasteiger partial charge on any atom is 0.573 e. The van der Waals surface area contributed by atoms with Crippen molar-refractivity contribution in [3.8, 4) is 17.6 Å². The molecule has 0 bridgehead atoms. The average Bonchev–Trinajstić information content (AvgIpc) is 2.70. The summed E-state index contributed by atoms with van der Waals surface area (Å²) in [7, 11) is 0. The molecule has 0 aliphatic carbocycles. The van der Waals surface area contributed by atoms with E-state index < -0.39 is 40.9 Å². The van der Waals surface area contributed by atoms with Gasteiger partial charge in [0.05, 0.1) is 5.56 Å². The number of benzene rings is 3. The lowest BCUT2D eigenvalue weighted by Gasteiger charge is -2.12. The van der Waals surface area contributed by atoms with Gasteiger partial charge in [-0.15, -0.1) is 13.2 Å². The number of ether oxygens (including phenoxy) is 1. The van der Waals surface area contributed by atoms with Crippen LogP contribution in [-0.2, 0) is 6.42 Å². The van der Waals surface area contributed by atoms with Crippen LogP contribution in [0.1, 0.15) is 42.9 Å². The van der Waals surface area contributed by atoms with Gasteiger partial charge in [0.2, 0.25) is 5.75 Å². The molecule has 3 aromatic carbocycles. The van der Waals surface area contributed by atoms with Crippen LogP contribution in [-0.4, -0.2) is 6.36 Å². The first-order valence-electron chi connectivity index (χ1n) is 9.76. The maximum atomic E-state index is 14.3. The van der Waals surface area contributed by atoms with Gasteiger partial charge in [-0.1, -0.05) is 37.7 Å². The molecular weight excluding hydrogens is 437 g/mol. The lowest BCUT2D eigenvalue weighted by Crippen LogP contribution is -2.19. The van der Waals surface area contributed by atoms with E-state index in [0.29, 0.717) is 18.1 Å². The van der Waals surface area contributed by atoms with Crippen LogP contribution in [0.2, 0.25) is 0 Å². The first-order valence-corrected chi connectivity index (χ1v) is 9.76.